The molecule has 0 atom stereocenters. The number of rotatable bonds is 7. The van der Waals surface area contributed by atoms with Gasteiger partial charge in [-0.05, 0) is 37.0 Å². The highest BCUT2D eigenvalue weighted by Crippen LogP contribution is 2.27. The molecule has 0 spiro atoms. The maximum absolute atomic E-state index is 13.3. The maximum Gasteiger partial charge on any atom is 0.335 e. The minimum absolute atomic E-state index is 0.0429. The summed E-state index contributed by atoms with van der Waals surface area (Å²) in [6.07, 6.45) is 3.19. The molecule has 196 valence electrons. The molecular weight excluding hydrogens is 486 g/mol. The summed E-state index contributed by atoms with van der Waals surface area (Å²) in [5.41, 5.74) is 1.33. The highest BCUT2D eigenvalue weighted by molar-refractivity contribution is 5.93. The Hall–Kier alpha value is -4.31. The van der Waals surface area contributed by atoms with Crippen molar-refractivity contribution >= 4 is 22.9 Å². The lowest BCUT2D eigenvalue weighted by Gasteiger charge is -2.38. The lowest BCUT2D eigenvalue weighted by atomic mass is 9.91. The molecule has 2 N–H and O–H groups in total. The van der Waals surface area contributed by atoms with Crippen LogP contribution >= 0.6 is 0 Å². The van der Waals surface area contributed by atoms with Crippen molar-refractivity contribution in [2.24, 2.45) is 7.05 Å². The molecule has 1 fully saturated rings. The normalized spacial score (nSPS) is 15.1. The van der Waals surface area contributed by atoms with E-state index in [9.17, 15) is 24.6 Å². The molecule has 0 radical (unpaired) electrons. The van der Waals surface area contributed by atoms with Crippen LogP contribution in [0, 0.1) is 0 Å². The highest BCUT2D eigenvalue weighted by atomic mass is 16.4. The van der Waals surface area contributed by atoms with Crippen LogP contribution in [-0.2, 0) is 24.8 Å². The summed E-state index contributed by atoms with van der Waals surface area (Å²) in [6.45, 7) is 0.881. The average molecular weight is 516 g/mol. The van der Waals surface area contributed by atoms with E-state index in [1.165, 1.54) is 27.7 Å². The van der Waals surface area contributed by atoms with Gasteiger partial charge in [0.15, 0.2) is 5.52 Å². The Bertz CT molecular complexity index is 1550. The summed E-state index contributed by atoms with van der Waals surface area (Å²) in [5.74, 6) is -0.991. The number of hydrogen-bond acceptors (Lipinski definition) is 6. The van der Waals surface area contributed by atoms with Crippen LogP contribution in [0.3, 0.4) is 0 Å². The number of aromatic carboxylic acids is 1. The van der Waals surface area contributed by atoms with Crippen LogP contribution in [0.2, 0.25) is 0 Å². The van der Waals surface area contributed by atoms with Crippen molar-refractivity contribution in [1.82, 2.24) is 24.2 Å². The summed E-state index contributed by atoms with van der Waals surface area (Å²) in [7, 11) is 1.67. The Morgan fingerprint density at radius 1 is 1.03 bits per heavy atom. The molecule has 1 aliphatic heterocycles. The second-order valence-corrected chi connectivity index (χ2v) is 9.82. The number of aromatic nitrogens is 4. The number of aryl methyl sites for hydroxylation is 2. The third kappa shape index (κ3) is 5.08. The number of benzene rings is 2. The number of amides is 1. The highest BCUT2D eigenvalue weighted by Gasteiger charge is 2.35. The molecule has 4 aromatic rings. The van der Waals surface area contributed by atoms with E-state index in [1.807, 2.05) is 30.3 Å². The summed E-state index contributed by atoms with van der Waals surface area (Å²) < 4.78 is 2.87. The van der Waals surface area contributed by atoms with Crippen LogP contribution in [0.1, 0.15) is 35.2 Å². The van der Waals surface area contributed by atoms with Crippen molar-refractivity contribution in [2.75, 3.05) is 13.1 Å². The minimum atomic E-state index is -1.15. The molecule has 10 heteroatoms. The molecule has 1 saturated heterocycles. The fourth-order valence-electron chi connectivity index (χ4n) is 5.03. The van der Waals surface area contributed by atoms with Gasteiger partial charge in [0, 0.05) is 32.1 Å². The molecule has 0 unspecified atom stereocenters. The molecule has 10 nitrogen and oxygen atoms in total. The van der Waals surface area contributed by atoms with E-state index in [4.69, 9.17) is 0 Å². The first-order valence-corrected chi connectivity index (χ1v) is 12.5. The Labute approximate surface area is 218 Å². The van der Waals surface area contributed by atoms with Gasteiger partial charge in [-0.3, -0.25) is 18.8 Å². The van der Waals surface area contributed by atoms with Gasteiger partial charge in [-0.25, -0.2) is 9.78 Å². The zero-order valence-corrected chi connectivity index (χ0v) is 21.1. The van der Waals surface area contributed by atoms with Gasteiger partial charge >= 0.3 is 5.97 Å². The van der Waals surface area contributed by atoms with E-state index in [0.717, 1.165) is 5.56 Å². The Morgan fingerprint density at radius 2 is 1.76 bits per heavy atom. The molecule has 2 aromatic carbocycles. The zero-order valence-electron chi connectivity index (χ0n) is 21.1. The Morgan fingerprint density at radius 3 is 2.47 bits per heavy atom. The van der Waals surface area contributed by atoms with Crippen LogP contribution in [-0.4, -0.2) is 65.0 Å². The number of carbonyl (C=O) groups excluding carboxylic acids is 1. The first kappa shape index (κ1) is 25.3. The number of fused-ring (bicyclic) bond motifs is 1. The molecule has 0 saturated carbocycles. The molecule has 0 bridgehead atoms. The largest absolute Gasteiger partial charge is 0.478 e. The van der Waals surface area contributed by atoms with Crippen molar-refractivity contribution in [3.63, 3.8) is 0 Å². The predicted molar refractivity (Wildman–Crippen MR) is 141 cm³/mol. The minimum Gasteiger partial charge on any atom is -0.478 e. The standard InChI is InChI=1S/C28H29N5O5/c1-31-25(20-8-5-9-21(16-20)27(36)37)23-24(30-31)26(35)33(18-29-23)17-28(38)12-14-32(15-13-28)22(34)11-10-19-6-3-2-4-7-19/h2-9,16,18,38H,10-15,17H2,1H3,(H,36,37). The van der Waals surface area contributed by atoms with Gasteiger partial charge in [0.2, 0.25) is 5.91 Å². The molecule has 2 aromatic heterocycles. The molecule has 1 aliphatic rings. The van der Waals surface area contributed by atoms with Gasteiger partial charge < -0.3 is 15.1 Å². The monoisotopic (exact) mass is 515 g/mol. The third-order valence-corrected chi connectivity index (χ3v) is 7.18. The van der Waals surface area contributed by atoms with E-state index >= 15 is 0 Å². The summed E-state index contributed by atoms with van der Waals surface area (Å²) in [6, 6.07) is 16.3. The fourth-order valence-corrected chi connectivity index (χ4v) is 5.03. The van der Waals surface area contributed by atoms with Crippen molar-refractivity contribution in [2.45, 2.75) is 37.8 Å². The van der Waals surface area contributed by atoms with Crippen LogP contribution in [0.5, 0.6) is 0 Å². The van der Waals surface area contributed by atoms with Gasteiger partial charge in [-0.2, -0.15) is 5.10 Å². The number of piperidine rings is 1. The Kier molecular flexibility index (Phi) is 6.81. The van der Waals surface area contributed by atoms with Crippen LogP contribution in [0.15, 0.2) is 65.7 Å². The number of aliphatic hydroxyl groups is 1. The van der Waals surface area contributed by atoms with Crippen LogP contribution < -0.4 is 5.56 Å². The van der Waals surface area contributed by atoms with Gasteiger partial charge in [0.25, 0.3) is 5.56 Å². The van der Waals surface area contributed by atoms with Gasteiger partial charge in [-0.15, -0.1) is 0 Å². The lowest BCUT2D eigenvalue weighted by molar-refractivity contribution is -0.135. The van der Waals surface area contributed by atoms with E-state index in [-0.39, 0.29) is 29.1 Å². The number of carboxylic acids is 1. The quantitative estimate of drug-likeness (QED) is 0.387. The number of carbonyl (C=O) groups is 2. The molecule has 0 aliphatic carbocycles. The predicted octanol–water partition coefficient (Wildman–Crippen LogP) is 2.48. The van der Waals surface area contributed by atoms with E-state index < -0.39 is 11.6 Å². The molecule has 5 rings (SSSR count). The molecule has 3 heterocycles. The third-order valence-electron chi connectivity index (χ3n) is 7.18. The van der Waals surface area contributed by atoms with Crippen molar-refractivity contribution in [3.8, 4) is 11.3 Å². The van der Waals surface area contributed by atoms with E-state index in [2.05, 4.69) is 10.1 Å². The molecule has 38 heavy (non-hydrogen) atoms. The number of carboxylic acid groups (broad SMARTS) is 1. The lowest BCUT2D eigenvalue weighted by Crippen LogP contribution is -2.49. The number of hydrogen-bond donors (Lipinski definition) is 2. The first-order chi connectivity index (χ1) is 18.2. The van der Waals surface area contributed by atoms with Crippen LogP contribution in [0.25, 0.3) is 22.3 Å². The van der Waals surface area contributed by atoms with Crippen molar-refractivity contribution < 1.29 is 19.8 Å². The summed E-state index contributed by atoms with van der Waals surface area (Å²) >= 11 is 0. The number of likely N-dealkylation sites (tertiary alicyclic amines) is 1. The van der Waals surface area contributed by atoms with E-state index in [0.29, 0.717) is 55.5 Å². The fraction of sp³-hybridized carbons (Fsp3) is 0.321. The summed E-state index contributed by atoms with van der Waals surface area (Å²) in [4.78, 5) is 43.6. The zero-order chi connectivity index (χ0) is 26.9. The van der Waals surface area contributed by atoms with Gasteiger partial charge in [-0.1, -0.05) is 42.5 Å². The van der Waals surface area contributed by atoms with E-state index in [1.54, 1.807) is 24.1 Å². The average Bonchev–Trinajstić information content (AvgIpc) is 3.26. The SMILES string of the molecule is Cn1nc2c(=O)n(CC3(O)CCN(C(=O)CCc4ccccc4)CC3)cnc2c1-c1cccc(C(=O)O)c1. The van der Waals surface area contributed by atoms with Crippen molar-refractivity contribution in [1.29, 1.82) is 0 Å². The van der Waals surface area contributed by atoms with Gasteiger partial charge in [0.1, 0.15) is 5.52 Å². The number of nitrogens with zero attached hydrogens (tertiary/aromatic N) is 5. The second kappa shape index (κ2) is 10.2. The first-order valence-electron chi connectivity index (χ1n) is 12.5. The smallest absolute Gasteiger partial charge is 0.335 e. The molecule has 1 amide bonds. The summed E-state index contributed by atoms with van der Waals surface area (Å²) in [5, 5.41) is 24.9. The topological polar surface area (TPSA) is 131 Å². The van der Waals surface area contributed by atoms with Crippen molar-refractivity contribution in [3.05, 3.63) is 82.4 Å². The maximum atomic E-state index is 13.3. The Balaban J connectivity index is 1.29. The second-order valence-electron chi connectivity index (χ2n) is 9.82. The molecular formula is C28H29N5O5. The van der Waals surface area contributed by atoms with Crippen LogP contribution in [0.4, 0.5) is 0 Å². The van der Waals surface area contributed by atoms with Gasteiger partial charge in [0.05, 0.1) is 29.7 Å².